The highest BCUT2D eigenvalue weighted by molar-refractivity contribution is 5.95. The quantitative estimate of drug-likeness (QED) is 0.847. The highest BCUT2D eigenvalue weighted by atomic mass is 16.5. The van der Waals surface area contributed by atoms with E-state index in [4.69, 9.17) is 9.26 Å². The molecule has 0 bridgehead atoms. The monoisotopic (exact) mass is 386 g/mol. The lowest BCUT2D eigenvalue weighted by Gasteiger charge is -2.26. The SMILES string of the molecule is CC(C)(C)c1noc(CCC(=O)Nc2ccc(C(=O)N3CCOCC3)cc2)n1. The maximum absolute atomic E-state index is 12.4. The molecule has 2 aromatic rings. The molecule has 1 saturated heterocycles. The molecule has 150 valence electrons. The van der Waals surface area contributed by atoms with Gasteiger partial charge in [-0.3, -0.25) is 9.59 Å². The molecule has 1 N–H and O–H groups in total. The average molecular weight is 386 g/mol. The number of benzene rings is 1. The van der Waals surface area contributed by atoms with E-state index in [2.05, 4.69) is 15.5 Å². The fraction of sp³-hybridized carbons (Fsp3) is 0.500. The molecule has 3 rings (SSSR count). The highest BCUT2D eigenvalue weighted by Crippen LogP contribution is 2.19. The smallest absolute Gasteiger partial charge is 0.254 e. The maximum Gasteiger partial charge on any atom is 0.254 e. The number of rotatable bonds is 5. The van der Waals surface area contributed by atoms with Crippen LogP contribution in [0.3, 0.4) is 0 Å². The van der Waals surface area contributed by atoms with Crippen molar-refractivity contribution in [1.29, 1.82) is 0 Å². The summed E-state index contributed by atoms with van der Waals surface area (Å²) in [6, 6.07) is 6.91. The van der Waals surface area contributed by atoms with Crippen LogP contribution in [0.1, 0.15) is 49.3 Å². The number of hydrogen-bond acceptors (Lipinski definition) is 6. The molecule has 28 heavy (non-hydrogen) atoms. The zero-order chi connectivity index (χ0) is 20.1. The van der Waals surface area contributed by atoms with Gasteiger partial charge in [-0.1, -0.05) is 25.9 Å². The molecule has 1 aliphatic heterocycles. The van der Waals surface area contributed by atoms with Crippen LogP contribution in [0.25, 0.3) is 0 Å². The molecule has 1 fully saturated rings. The standard InChI is InChI=1S/C20H26N4O4/c1-20(2,3)19-22-17(28-23-19)9-8-16(25)21-15-6-4-14(5-7-15)18(26)24-10-12-27-13-11-24/h4-7H,8-13H2,1-3H3,(H,21,25). The van der Waals surface area contributed by atoms with Crippen LogP contribution < -0.4 is 5.32 Å². The van der Waals surface area contributed by atoms with E-state index in [0.717, 1.165) is 0 Å². The number of hydrogen-bond donors (Lipinski definition) is 1. The largest absolute Gasteiger partial charge is 0.378 e. The first-order chi connectivity index (χ1) is 13.3. The van der Waals surface area contributed by atoms with Crippen LogP contribution in [0, 0.1) is 0 Å². The van der Waals surface area contributed by atoms with Crippen molar-refractivity contribution < 1.29 is 18.8 Å². The second-order valence-electron chi connectivity index (χ2n) is 7.79. The summed E-state index contributed by atoms with van der Waals surface area (Å²) in [6.45, 7) is 8.34. The molecule has 0 unspecified atom stereocenters. The van der Waals surface area contributed by atoms with Crippen LogP contribution >= 0.6 is 0 Å². The van der Waals surface area contributed by atoms with Crippen molar-refractivity contribution in [3.05, 3.63) is 41.5 Å². The van der Waals surface area contributed by atoms with Gasteiger partial charge in [0.2, 0.25) is 11.8 Å². The Morgan fingerprint density at radius 3 is 2.43 bits per heavy atom. The fourth-order valence-corrected chi connectivity index (χ4v) is 2.75. The van der Waals surface area contributed by atoms with Gasteiger partial charge in [0.25, 0.3) is 5.91 Å². The van der Waals surface area contributed by atoms with Crippen LogP contribution in [0.4, 0.5) is 5.69 Å². The van der Waals surface area contributed by atoms with Gasteiger partial charge in [-0.05, 0) is 24.3 Å². The maximum atomic E-state index is 12.4. The first-order valence-corrected chi connectivity index (χ1v) is 9.43. The third-order valence-corrected chi connectivity index (χ3v) is 4.42. The third-order valence-electron chi connectivity index (χ3n) is 4.42. The highest BCUT2D eigenvalue weighted by Gasteiger charge is 2.21. The average Bonchev–Trinajstić information content (AvgIpc) is 3.17. The summed E-state index contributed by atoms with van der Waals surface area (Å²) < 4.78 is 10.5. The minimum Gasteiger partial charge on any atom is -0.378 e. The van der Waals surface area contributed by atoms with E-state index in [1.807, 2.05) is 20.8 Å². The predicted octanol–water partition coefficient (Wildman–Crippen LogP) is 2.41. The number of amides is 2. The molecule has 2 heterocycles. The van der Waals surface area contributed by atoms with Crippen molar-refractivity contribution in [2.45, 2.75) is 39.0 Å². The number of aromatic nitrogens is 2. The van der Waals surface area contributed by atoms with E-state index < -0.39 is 0 Å². The molecule has 1 aromatic carbocycles. The molecule has 2 amide bonds. The van der Waals surface area contributed by atoms with E-state index >= 15 is 0 Å². The molecule has 1 aromatic heterocycles. The van der Waals surface area contributed by atoms with Gasteiger partial charge in [-0.15, -0.1) is 0 Å². The Balaban J connectivity index is 1.50. The van der Waals surface area contributed by atoms with Crippen molar-refractivity contribution in [1.82, 2.24) is 15.0 Å². The van der Waals surface area contributed by atoms with Crippen molar-refractivity contribution in [3.63, 3.8) is 0 Å². The van der Waals surface area contributed by atoms with Crippen LogP contribution in [-0.4, -0.2) is 53.2 Å². The Hall–Kier alpha value is -2.74. The second-order valence-corrected chi connectivity index (χ2v) is 7.79. The number of ether oxygens (including phenoxy) is 1. The Morgan fingerprint density at radius 1 is 1.14 bits per heavy atom. The molecule has 1 aliphatic rings. The molecule has 0 spiro atoms. The second kappa shape index (κ2) is 8.52. The first-order valence-electron chi connectivity index (χ1n) is 9.43. The molecule has 0 saturated carbocycles. The number of morpholine rings is 1. The van der Waals surface area contributed by atoms with Gasteiger partial charge in [0, 0.05) is 42.6 Å². The van der Waals surface area contributed by atoms with Crippen molar-refractivity contribution in [2.24, 2.45) is 0 Å². The molecule has 8 nitrogen and oxygen atoms in total. The zero-order valence-electron chi connectivity index (χ0n) is 16.5. The molecular formula is C20H26N4O4. The number of aryl methyl sites for hydroxylation is 1. The minimum atomic E-state index is -0.190. The van der Waals surface area contributed by atoms with Gasteiger partial charge in [0.1, 0.15) is 0 Å². The van der Waals surface area contributed by atoms with E-state index in [1.165, 1.54) is 0 Å². The fourth-order valence-electron chi connectivity index (χ4n) is 2.75. The Bertz CT molecular complexity index is 817. The van der Waals surface area contributed by atoms with Crippen LogP contribution in [0.5, 0.6) is 0 Å². The van der Waals surface area contributed by atoms with E-state index in [-0.39, 0.29) is 23.7 Å². The van der Waals surface area contributed by atoms with Gasteiger partial charge in [-0.2, -0.15) is 4.98 Å². The van der Waals surface area contributed by atoms with Crippen LogP contribution in [-0.2, 0) is 21.4 Å². The summed E-state index contributed by atoms with van der Waals surface area (Å²) >= 11 is 0. The Kier molecular flexibility index (Phi) is 6.08. The zero-order valence-corrected chi connectivity index (χ0v) is 16.5. The summed E-state index contributed by atoms with van der Waals surface area (Å²) in [5, 5.41) is 6.77. The first kappa shape index (κ1) is 20.0. The number of nitrogens with one attached hydrogen (secondary N) is 1. The Labute approximate surface area is 164 Å². The van der Waals surface area contributed by atoms with Crippen molar-refractivity contribution in [2.75, 3.05) is 31.6 Å². The number of carbonyl (C=O) groups excluding carboxylic acids is 2. The number of anilines is 1. The molecule has 0 atom stereocenters. The van der Waals surface area contributed by atoms with Gasteiger partial charge >= 0.3 is 0 Å². The van der Waals surface area contributed by atoms with Gasteiger partial charge in [0.15, 0.2) is 5.82 Å². The van der Waals surface area contributed by atoms with Crippen LogP contribution in [0.15, 0.2) is 28.8 Å². The van der Waals surface area contributed by atoms with Gasteiger partial charge in [-0.25, -0.2) is 0 Å². The van der Waals surface area contributed by atoms with Crippen molar-refractivity contribution >= 4 is 17.5 Å². The normalized spacial score (nSPS) is 14.8. The number of carbonyl (C=O) groups is 2. The Morgan fingerprint density at radius 2 is 1.82 bits per heavy atom. The summed E-state index contributed by atoms with van der Waals surface area (Å²) in [4.78, 5) is 30.7. The summed E-state index contributed by atoms with van der Waals surface area (Å²) in [7, 11) is 0. The lowest BCUT2D eigenvalue weighted by molar-refractivity contribution is -0.116. The summed E-state index contributed by atoms with van der Waals surface area (Å²) in [5.74, 6) is 0.907. The molecule has 0 aliphatic carbocycles. The lowest BCUT2D eigenvalue weighted by Crippen LogP contribution is -2.40. The van der Waals surface area contributed by atoms with E-state index in [0.29, 0.717) is 55.7 Å². The summed E-state index contributed by atoms with van der Waals surface area (Å²) in [5.41, 5.74) is 1.05. The topological polar surface area (TPSA) is 97.6 Å². The molecule has 0 radical (unpaired) electrons. The van der Waals surface area contributed by atoms with Gasteiger partial charge < -0.3 is 19.5 Å². The lowest BCUT2D eigenvalue weighted by atomic mass is 9.96. The van der Waals surface area contributed by atoms with Gasteiger partial charge in [0.05, 0.1) is 13.2 Å². The van der Waals surface area contributed by atoms with Crippen molar-refractivity contribution in [3.8, 4) is 0 Å². The summed E-state index contributed by atoms with van der Waals surface area (Å²) in [6.07, 6.45) is 0.614. The molecule has 8 heteroatoms. The minimum absolute atomic E-state index is 0.0211. The molecular weight excluding hydrogens is 360 g/mol. The third kappa shape index (κ3) is 5.16. The van der Waals surface area contributed by atoms with E-state index in [9.17, 15) is 9.59 Å². The predicted molar refractivity (Wildman–Crippen MR) is 103 cm³/mol. The van der Waals surface area contributed by atoms with Crippen LogP contribution in [0.2, 0.25) is 0 Å². The number of nitrogens with zero attached hydrogens (tertiary/aromatic N) is 3. The van der Waals surface area contributed by atoms with E-state index in [1.54, 1.807) is 29.2 Å².